The number of anilines is 2. The van der Waals surface area contributed by atoms with Gasteiger partial charge in [-0.15, -0.1) is 0 Å². The first kappa shape index (κ1) is 16.0. The second-order valence-electron chi connectivity index (χ2n) is 5.67. The third-order valence-electron chi connectivity index (χ3n) is 3.87. The summed E-state index contributed by atoms with van der Waals surface area (Å²) < 4.78 is 13.1. The Bertz CT molecular complexity index is 740. The van der Waals surface area contributed by atoms with Crippen LogP contribution in [0.1, 0.15) is 23.2 Å². The van der Waals surface area contributed by atoms with Gasteiger partial charge in [0.05, 0.1) is 0 Å². The molecule has 1 heterocycles. The van der Waals surface area contributed by atoms with Crippen molar-refractivity contribution >= 4 is 23.3 Å². The number of nitrogens with one attached hydrogen (secondary N) is 2. The maximum Gasteiger partial charge on any atom is 0.323 e. The lowest BCUT2D eigenvalue weighted by molar-refractivity contribution is 0.0793. The summed E-state index contributed by atoms with van der Waals surface area (Å²) in [5, 5.41) is 5.20. The molecule has 1 saturated heterocycles. The molecule has 0 atom stereocenters. The molecule has 0 saturated carbocycles. The molecule has 3 rings (SSSR count). The van der Waals surface area contributed by atoms with Crippen LogP contribution in [0.2, 0.25) is 0 Å². The standard InChI is InChI=1S/C18H18FN3O2/c19-14-4-3-5-16(12-14)21-18(24)20-15-8-6-13(7-9-15)17(23)22-10-1-2-11-22/h3-9,12H,1-2,10-11H2,(H2,20,21,24). The van der Waals surface area contributed by atoms with E-state index in [-0.39, 0.29) is 5.91 Å². The number of rotatable bonds is 3. The van der Waals surface area contributed by atoms with Gasteiger partial charge in [-0.3, -0.25) is 4.79 Å². The number of amides is 3. The van der Waals surface area contributed by atoms with E-state index in [4.69, 9.17) is 0 Å². The van der Waals surface area contributed by atoms with Gasteiger partial charge in [-0.05, 0) is 55.3 Å². The van der Waals surface area contributed by atoms with E-state index in [9.17, 15) is 14.0 Å². The quantitative estimate of drug-likeness (QED) is 0.903. The van der Waals surface area contributed by atoms with Crippen molar-refractivity contribution in [2.45, 2.75) is 12.8 Å². The Morgan fingerprint density at radius 1 is 0.917 bits per heavy atom. The molecule has 124 valence electrons. The fourth-order valence-corrected chi connectivity index (χ4v) is 2.66. The Morgan fingerprint density at radius 2 is 1.58 bits per heavy atom. The van der Waals surface area contributed by atoms with E-state index in [1.54, 1.807) is 30.3 Å². The van der Waals surface area contributed by atoms with Gasteiger partial charge in [-0.1, -0.05) is 6.07 Å². The summed E-state index contributed by atoms with van der Waals surface area (Å²) in [5.74, 6) is -0.402. The Labute approximate surface area is 139 Å². The maximum atomic E-state index is 13.1. The average molecular weight is 327 g/mol. The summed E-state index contributed by atoms with van der Waals surface area (Å²) in [6.07, 6.45) is 2.09. The van der Waals surface area contributed by atoms with Gasteiger partial charge in [0.25, 0.3) is 5.91 Å². The highest BCUT2D eigenvalue weighted by molar-refractivity contribution is 6.00. The van der Waals surface area contributed by atoms with Crippen molar-refractivity contribution in [1.82, 2.24) is 4.90 Å². The lowest BCUT2D eigenvalue weighted by Gasteiger charge is -2.15. The third-order valence-corrected chi connectivity index (χ3v) is 3.87. The fraction of sp³-hybridized carbons (Fsp3) is 0.222. The van der Waals surface area contributed by atoms with E-state index < -0.39 is 11.8 Å². The summed E-state index contributed by atoms with van der Waals surface area (Å²) >= 11 is 0. The third kappa shape index (κ3) is 3.90. The molecular formula is C18H18FN3O2. The van der Waals surface area contributed by atoms with Crippen LogP contribution < -0.4 is 10.6 Å². The Balaban J connectivity index is 1.59. The van der Waals surface area contributed by atoms with Gasteiger partial charge in [-0.25, -0.2) is 9.18 Å². The van der Waals surface area contributed by atoms with Gasteiger partial charge in [0, 0.05) is 30.0 Å². The van der Waals surface area contributed by atoms with E-state index >= 15 is 0 Å². The van der Waals surface area contributed by atoms with Crippen molar-refractivity contribution in [1.29, 1.82) is 0 Å². The van der Waals surface area contributed by atoms with Crippen LogP contribution >= 0.6 is 0 Å². The Morgan fingerprint density at radius 3 is 2.25 bits per heavy atom. The lowest BCUT2D eigenvalue weighted by Crippen LogP contribution is -2.27. The highest BCUT2D eigenvalue weighted by Crippen LogP contribution is 2.16. The summed E-state index contributed by atoms with van der Waals surface area (Å²) in [4.78, 5) is 26.0. The predicted molar refractivity (Wildman–Crippen MR) is 90.6 cm³/mol. The minimum atomic E-state index is -0.473. The Hall–Kier alpha value is -2.89. The van der Waals surface area contributed by atoms with E-state index in [2.05, 4.69) is 10.6 Å². The topological polar surface area (TPSA) is 61.4 Å². The SMILES string of the molecule is O=C(Nc1ccc(C(=O)N2CCCC2)cc1)Nc1cccc(F)c1. The monoisotopic (exact) mass is 327 g/mol. The number of benzene rings is 2. The highest BCUT2D eigenvalue weighted by atomic mass is 19.1. The second-order valence-corrected chi connectivity index (χ2v) is 5.67. The first-order valence-electron chi connectivity index (χ1n) is 7.85. The van der Waals surface area contributed by atoms with Crippen molar-refractivity contribution in [3.8, 4) is 0 Å². The van der Waals surface area contributed by atoms with Crippen molar-refractivity contribution in [2.75, 3.05) is 23.7 Å². The zero-order chi connectivity index (χ0) is 16.9. The number of hydrogen-bond donors (Lipinski definition) is 2. The van der Waals surface area contributed by atoms with Crippen LogP contribution in [-0.4, -0.2) is 29.9 Å². The van der Waals surface area contributed by atoms with E-state index in [0.717, 1.165) is 25.9 Å². The maximum absolute atomic E-state index is 13.1. The van der Waals surface area contributed by atoms with Gasteiger partial charge in [-0.2, -0.15) is 0 Å². The van der Waals surface area contributed by atoms with Crippen LogP contribution in [0.25, 0.3) is 0 Å². The largest absolute Gasteiger partial charge is 0.339 e. The predicted octanol–water partition coefficient (Wildman–Crippen LogP) is 3.71. The number of likely N-dealkylation sites (tertiary alicyclic amines) is 1. The van der Waals surface area contributed by atoms with Crippen LogP contribution in [0.4, 0.5) is 20.6 Å². The summed E-state index contributed by atoms with van der Waals surface area (Å²) in [6, 6.07) is 11.9. The molecule has 1 aliphatic rings. The molecule has 0 bridgehead atoms. The number of hydrogen-bond acceptors (Lipinski definition) is 2. The zero-order valence-corrected chi connectivity index (χ0v) is 13.1. The summed E-state index contributed by atoms with van der Waals surface area (Å²) in [5.41, 5.74) is 1.53. The molecule has 0 aromatic heterocycles. The van der Waals surface area contributed by atoms with Crippen molar-refractivity contribution in [3.05, 3.63) is 59.9 Å². The number of urea groups is 1. The van der Waals surface area contributed by atoms with Gasteiger partial charge < -0.3 is 15.5 Å². The van der Waals surface area contributed by atoms with Crippen molar-refractivity contribution in [3.63, 3.8) is 0 Å². The molecule has 0 aliphatic carbocycles. The summed E-state index contributed by atoms with van der Waals surface area (Å²) in [6.45, 7) is 1.60. The smallest absolute Gasteiger partial charge is 0.323 e. The second kappa shape index (κ2) is 7.12. The molecule has 1 fully saturated rings. The molecule has 6 heteroatoms. The number of carbonyl (C=O) groups is 2. The molecule has 0 radical (unpaired) electrons. The van der Waals surface area contributed by atoms with Crippen molar-refractivity contribution < 1.29 is 14.0 Å². The lowest BCUT2D eigenvalue weighted by atomic mass is 10.2. The molecule has 5 nitrogen and oxygen atoms in total. The van der Waals surface area contributed by atoms with Crippen LogP contribution in [0, 0.1) is 5.82 Å². The van der Waals surface area contributed by atoms with E-state index in [1.807, 2.05) is 4.90 Å². The van der Waals surface area contributed by atoms with Gasteiger partial charge in [0.15, 0.2) is 0 Å². The van der Waals surface area contributed by atoms with Crippen LogP contribution in [0.5, 0.6) is 0 Å². The van der Waals surface area contributed by atoms with E-state index in [0.29, 0.717) is 16.9 Å². The number of nitrogens with zero attached hydrogens (tertiary/aromatic N) is 1. The molecule has 24 heavy (non-hydrogen) atoms. The van der Waals surface area contributed by atoms with Gasteiger partial charge in [0.2, 0.25) is 0 Å². The molecule has 3 amide bonds. The minimum absolute atomic E-state index is 0.0169. The molecule has 2 aromatic rings. The van der Waals surface area contributed by atoms with E-state index in [1.165, 1.54) is 18.2 Å². The summed E-state index contributed by atoms with van der Waals surface area (Å²) in [7, 11) is 0. The zero-order valence-electron chi connectivity index (χ0n) is 13.1. The molecule has 0 unspecified atom stereocenters. The van der Waals surface area contributed by atoms with Crippen LogP contribution in [0.3, 0.4) is 0 Å². The van der Waals surface area contributed by atoms with Gasteiger partial charge in [0.1, 0.15) is 5.82 Å². The molecular weight excluding hydrogens is 309 g/mol. The van der Waals surface area contributed by atoms with Crippen molar-refractivity contribution in [2.24, 2.45) is 0 Å². The van der Waals surface area contributed by atoms with Crippen LogP contribution in [-0.2, 0) is 0 Å². The fourth-order valence-electron chi connectivity index (χ4n) is 2.66. The van der Waals surface area contributed by atoms with Gasteiger partial charge >= 0.3 is 6.03 Å². The Kier molecular flexibility index (Phi) is 4.74. The highest BCUT2D eigenvalue weighted by Gasteiger charge is 2.19. The molecule has 2 aromatic carbocycles. The molecule has 1 aliphatic heterocycles. The number of halogens is 1. The average Bonchev–Trinajstić information content (AvgIpc) is 3.09. The minimum Gasteiger partial charge on any atom is -0.339 e. The van der Waals surface area contributed by atoms with Crippen LogP contribution in [0.15, 0.2) is 48.5 Å². The molecule has 2 N–H and O–H groups in total. The first-order chi connectivity index (χ1) is 11.6. The number of carbonyl (C=O) groups excluding carboxylic acids is 2. The normalized spacial score (nSPS) is 13.6. The molecule has 0 spiro atoms. The first-order valence-corrected chi connectivity index (χ1v) is 7.85.